The average molecular weight is 269 g/mol. The van der Waals surface area contributed by atoms with Crippen LogP contribution in [0.2, 0.25) is 0 Å². The third-order valence-electron chi connectivity index (χ3n) is 2.83. The predicted octanol–water partition coefficient (Wildman–Crippen LogP) is 2.69. The van der Waals surface area contributed by atoms with Gasteiger partial charge in [0, 0.05) is 17.5 Å². The fraction of sp³-hybridized carbons (Fsp3) is 0.538. The maximum atomic E-state index is 12.3. The summed E-state index contributed by atoms with van der Waals surface area (Å²) in [5.74, 6) is -0.959. The van der Waals surface area contributed by atoms with Crippen LogP contribution in [0.4, 0.5) is 0 Å². The summed E-state index contributed by atoms with van der Waals surface area (Å²) in [6.45, 7) is 8.00. The SMILES string of the molecule is Cc1cc(C(=O)N(CCC(=O)O)C(C)C)sc1C. The predicted molar refractivity (Wildman–Crippen MR) is 72.2 cm³/mol. The first-order valence-electron chi connectivity index (χ1n) is 5.92. The van der Waals surface area contributed by atoms with Gasteiger partial charge in [0.25, 0.3) is 5.91 Å². The van der Waals surface area contributed by atoms with E-state index in [-0.39, 0.29) is 24.9 Å². The van der Waals surface area contributed by atoms with Crippen LogP contribution in [-0.4, -0.2) is 34.5 Å². The van der Waals surface area contributed by atoms with Crippen LogP contribution in [0, 0.1) is 13.8 Å². The molecular weight excluding hydrogens is 250 g/mol. The van der Waals surface area contributed by atoms with Crippen LogP contribution >= 0.6 is 11.3 Å². The Morgan fingerprint density at radius 1 is 1.39 bits per heavy atom. The van der Waals surface area contributed by atoms with Gasteiger partial charge in [0.2, 0.25) is 0 Å². The number of hydrogen-bond donors (Lipinski definition) is 1. The van der Waals surface area contributed by atoms with Gasteiger partial charge in [-0.2, -0.15) is 0 Å². The maximum absolute atomic E-state index is 12.3. The number of rotatable bonds is 5. The van der Waals surface area contributed by atoms with E-state index in [1.54, 1.807) is 4.90 Å². The maximum Gasteiger partial charge on any atom is 0.305 e. The standard InChI is InChI=1S/C13H19NO3S/c1-8(2)14(6-5-12(15)16)13(17)11-7-9(3)10(4)18-11/h7-8H,5-6H2,1-4H3,(H,15,16). The molecule has 0 saturated heterocycles. The van der Waals surface area contributed by atoms with Gasteiger partial charge in [-0.15, -0.1) is 11.3 Å². The number of thiophene rings is 1. The Balaban J connectivity index is 2.85. The number of aryl methyl sites for hydroxylation is 2. The Morgan fingerprint density at radius 3 is 2.39 bits per heavy atom. The second kappa shape index (κ2) is 6.00. The molecule has 0 aliphatic carbocycles. The number of carbonyl (C=O) groups is 2. The highest BCUT2D eigenvalue weighted by Crippen LogP contribution is 2.22. The Morgan fingerprint density at radius 2 is 2.00 bits per heavy atom. The van der Waals surface area contributed by atoms with Gasteiger partial charge in [-0.05, 0) is 39.3 Å². The Bertz CT molecular complexity index is 432. The van der Waals surface area contributed by atoms with E-state index >= 15 is 0 Å². The molecule has 1 heterocycles. The molecule has 1 aromatic rings. The number of hydrogen-bond acceptors (Lipinski definition) is 3. The second-order valence-corrected chi connectivity index (χ2v) is 5.84. The third kappa shape index (κ3) is 3.57. The van der Waals surface area contributed by atoms with Gasteiger partial charge in [-0.1, -0.05) is 0 Å². The smallest absolute Gasteiger partial charge is 0.305 e. The van der Waals surface area contributed by atoms with E-state index < -0.39 is 5.97 Å². The van der Waals surface area contributed by atoms with Crippen molar-refractivity contribution in [3.63, 3.8) is 0 Å². The Labute approximate surface area is 111 Å². The Kier molecular flexibility index (Phi) is 4.90. The Hall–Kier alpha value is -1.36. The van der Waals surface area contributed by atoms with Crippen molar-refractivity contribution in [2.45, 2.75) is 40.2 Å². The first-order valence-corrected chi connectivity index (χ1v) is 6.74. The molecule has 0 unspecified atom stereocenters. The second-order valence-electron chi connectivity index (χ2n) is 4.59. The van der Waals surface area contributed by atoms with Crippen LogP contribution in [0.15, 0.2) is 6.07 Å². The number of aliphatic carboxylic acids is 1. The van der Waals surface area contributed by atoms with Crippen molar-refractivity contribution in [1.82, 2.24) is 4.90 Å². The zero-order valence-corrected chi connectivity index (χ0v) is 12.0. The van der Waals surface area contributed by atoms with Gasteiger partial charge in [0.1, 0.15) is 0 Å². The zero-order valence-electron chi connectivity index (χ0n) is 11.2. The number of nitrogens with zero attached hydrogens (tertiary/aromatic N) is 1. The molecule has 0 saturated carbocycles. The van der Waals surface area contributed by atoms with E-state index in [0.29, 0.717) is 4.88 Å². The summed E-state index contributed by atoms with van der Waals surface area (Å²) >= 11 is 1.46. The van der Waals surface area contributed by atoms with E-state index in [2.05, 4.69) is 0 Å². The van der Waals surface area contributed by atoms with E-state index in [1.807, 2.05) is 33.8 Å². The minimum atomic E-state index is -0.882. The monoisotopic (exact) mass is 269 g/mol. The van der Waals surface area contributed by atoms with Crippen molar-refractivity contribution in [2.24, 2.45) is 0 Å². The van der Waals surface area contributed by atoms with Gasteiger partial charge in [-0.3, -0.25) is 9.59 Å². The summed E-state index contributed by atoms with van der Waals surface area (Å²) in [4.78, 5) is 26.3. The molecule has 0 aliphatic heterocycles. The van der Waals surface area contributed by atoms with E-state index in [4.69, 9.17) is 5.11 Å². The van der Waals surface area contributed by atoms with Crippen LogP contribution in [0.1, 0.15) is 40.4 Å². The molecule has 0 aliphatic rings. The molecule has 1 amide bonds. The van der Waals surface area contributed by atoms with Crippen molar-refractivity contribution in [3.8, 4) is 0 Å². The molecule has 0 radical (unpaired) electrons. The minimum Gasteiger partial charge on any atom is -0.481 e. The molecular formula is C13H19NO3S. The molecule has 5 heteroatoms. The highest BCUT2D eigenvalue weighted by Gasteiger charge is 2.21. The molecule has 1 N–H and O–H groups in total. The van der Waals surface area contributed by atoms with Crippen LogP contribution in [0.25, 0.3) is 0 Å². The molecule has 0 bridgehead atoms. The van der Waals surface area contributed by atoms with Crippen LogP contribution in [-0.2, 0) is 4.79 Å². The minimum absolute atomic E-state index is 0.000405. The van der Waals surface area contributed by atoms with Crippen molar-refractivity contribution >= 4 is 23.2 Å². The number of amides is 1. The lowest BCUT2D eigenvalue weighted by Crippen LogP contribution is -2.38. The topological polar surface area (TPSA) is 57.6 Å². The molecule has 0 fully saturated rings. The first kappa shape index (κ1) is 14.7. The molecule has 1 rings (SSSR count). The highest BCUT2D eigenvalue weighted by molar-refractivity contribution is 7.14. The summed E-state index contributed by atoms with van der Waals surface area (Å²) in [7, 11) is 0. The normalized spacial score (nSPS) is 10.7. The van der Waals surface area contributed by atoms with Gasteiger partial charge in [0.05, 0.1) is 11.3 Å². The molecule has 4 nitrogen and oxygen atoms in total. The van der Waals surface area contributed by atoms with E-state index in [9.17, 15) is 9.59 Å². The largest absolute Gasteiger partial charge is 0.481 e. The summed E-state index contributed by atoms with van der Waals surface area (Å²) in [5, 5.41) is 8.71. The van der Waals surface area contributed by atoms with Gasteiger partial charge < -0.3 is 10.0 Å². The molecule has 0 aromatic carbocycles. The molecule has 1 aromatic heterocycles. The quantitative estimate of drug-likeness (QED) is 0.894. The molecule has 0 spiro atoms. The van der Waals surface area contributed by atoms with Crippen molar-refractivity contribution in [3.05, 3.63) is 21.4 Å². The molecule has 18 heavy (non-hydrogen) atoms. The van der Waals surface area contributed by atoms with Crippen LogP contribution in [0.3, 0.4) is 0 Å². The summed E-state index contributed by atoms with van der Waals surface area (Å²) < 4.78 is 0. The van der Waals surface area contributed by atoms with Crippen molar-refractivity contribution in [1.29, 1.82) is 0 Å². The fourth-order valence-electron chi connectivity index (χ4n) is 1.63. The third-order valence-corrected chi connectivity index (χ3v) is 3.97. The molecule has 100 valence electrons. The van der Waals surface area contributed by atoms with Crippen molar-refractivity contribution < 1.29 is 14.7 Å². The number of carbonyl (C=O) groups excluding carboxylic acids is 1. The van der Waals surface area contributed by atoms with Gasteiger partial charge in [-0.25, -0.2) is 0 Å². The van der Waals surface area contributed by atoms with Crippen molar-refractivity contribution in [2.75, 3.05) is 6.54 Å². The summed E-state index contributed by atoms with van der Waals surface area (Å²) in [6.07, 6.45) is -0.0206. The summed E-state index contributed by atoms with van der Waals surface area (Å²) in [6, 6.07) is 1.87. The molecule has 0 atom stereocenters. The highest BCUT2D eigenvalue weighted by atomic mass is 32.1. The average Bonchev–Trinajstić information content (AvgIpc) is 2.58. The lowest BCUT2D eigenvalue weighted by atomic mass is 10.2. The first-order chi connectivity index (χ1) is 8.32. The fourth-order valence-corrected chi connectivity index (χ4v) is 2.62. The van der Waals surface area contributed by atoms with Crippen LogP contribution in [0.5, 0.6) is 0 Å². The lowest BCUT2D eigenvalue weighted by Gasteiger charge is -2.25. The zero-order chi connectivity index (χ0) is 13.9. The van der Waals surface area contributed by atoms with E-state index in [0.717, 1.165) is 10.4 Å². The number of carboxylic acids is 1. The summed E-state index contributed by atoms with van der Waals surface area (Å²) in [5.41, 5.74) is 1.10. The van der Waals surface area contributed by atoms with Gasteiger partial charge >= 0.3 is 5.97 Å². The number of carboxylic acid groups (broad SMARTS) is 1. The van der Waals surface area contributed by atoms with E-state index in [1.165, 1.54) is 11.3 Å². The van der Waals surface area contributed by atoms with Gasteiger partial charge in [0.15, 0.2) is 0 Å². The lowest BCUT2D eigenvalue weighted by molar-refractivity contribution is -0.137. The van der Waals surface area contributed by atoms with Crippen LogP contribution < -0.4 is 0 Å².